The molecule has 1 rings (SSSR count). The summed E-state index contributed by atoms with van der Waals surface area (Å²) in [7, 11) is 0. The van der Waals surface area contributed by atoms with Crippen molar-refractivity contribution >= 4 is 11.7 Å². The highest BCUT2D eigenvalue weighted by Crippen LogP contribution is 1.97. The highest BCUT2D eigenvalue weighted by molar-refractivity contribution is 6.02. The Morgan fingerprint density at radius 1 is 1.33 bits per heavy atom. The second-order valence-electron chi connectivity index (χ2n) is 1.76. The van der Waals surface area contributed by atoms with Crippen LogP contribution in [-0.2, 0) is 0 Å². The van der Waals surface area contributed by atoms with Crippen LogP contribution in [0, 0.1) is 0 Å². The molecule has 0 aromatic heterocycles. The lowest BCUT2D eigenvalue weighted by atomic mass is 10.3. The molecule has 5 nitrogen and oxygen atoms in total. The van der Waals surface area contributed by atoms with Crippen molar-refractivity contribution in [3.8, 4) is 0 Å². The van der Waals surface area contributed by atoms with Gasteiger partial charge in [0.2, 0.25) is 6.35 Å². The Bertz CT molecular complexity index is 155. The van der Waals surface area contributed by atoms with Gasteiger partial charge in [-0.3, -0.25) is 0 Å². The number of aliphatic imine (C=N–C) groups is 2. The summed E-state index contributed by atoms with van der Waals surface area (Å²) in [5, 5.41) is 8.72. The minimum absolute atomic E-state index is 0.329. The van der Waals surface area contributed by atoms with Crippen LogP contribution in [0.25, 0.3) is 0 Å². The van der Waals surface area contributed by atoms with Crippen molar-refractivity contribution in [2.75, 3.05) is 0 Å². The summed E-state index contributed by atoms with van der Waals surface area (Å²) >= 11 is 0. The third-order valence-corrected chi connectivity index (χ3v) is 0.925. The first-order valence-corrected chi connectivity index (χ1v) is 2.51. The zero-order chi connectivity index (χ0) is 6.85. The molecule has 1 aliphatic rings. The van der Waals surface area contributed by atoms with Crippen LogP contribution >= 0.6 is 0 Å². The molecule has 0 aliphatic carbocycles. The molecule has 1 aliphatic heterocycles. The summed E-state index contributed by atoms with van der Waals surface area (Å²) in [6.07, 6.45) is -0.726. The average Bonchev–Trinajstić information content (AvgIpc) is 1.59. The molecular formula is C4H8N4O. The van der Waals surface area contributed by atoms with E-state index in [1.165, 1.54) is 0 Å². The predicted molar refractivity (Wildman–Crippen MR) is 33.9 cm³/mol. The van der Waals surface area contributed by atoms with Crippen molar-refractivity contribution in [3.05, 3.63) is 0 Å². The Hall–Kier alpha value is -1.10. The minimum Gasteiger partial charge on any atom is -0.387 e. The topological polar surface area (TPSA) is 97.0 Å². The molecule has 0 aromatic carbocycles. The van der Waals surface area contributed by atoms with Crippen LogP contribution in [-0.4, -0.2) is 23.1 Å². The number of nitrogens with zero attached hydrogens (tertiary/aromatic N) is 2. The van der Waals surface area contributed by atoms with Gasteiger partial charge in [-0.25, -0.2) is 9.98 Å². The maximum Gasteiger partial charge on any atom is 0.246 e. The van der Waals surface area contributed by atoms with E-state index in [9.17, 15) is 0 Å². The fraction of sp³-hybridized carbons (Fsp3) is 0.500. The Labute approximate surface area is 52.1 Å². The summed E-state index contributed by atoms with van der Waals surface area (Å²) in [6, 6.07) is 0. The lowest BCUT2D eigenvalue weighted by molar-refractivity contribution is 0.193. The summed E-state index contributed by atoms with van der Waals surface area (Å²) in [6.45, 7) is 0. The van der Waals surface area contributed by atoms with Crippen LogP contribution < -0.4 is 11.5 Å². The van der Waals surface area contributed by atoms with Crippen LogP contribution in [0.3, 0.4) is 0 Å². The van der Waals surface area contributed by atoms with Crippen LogP contribution in [0.15, 0.2) is 9.98 Å². The molecule has 0 unspecified atom stereocenters. The normalized spacial score (nSPS) is 21.0. The van der Waals surface area contributed by atoms with Gasteiger partial charge in [0.05, 0.1) is 6.42 Å². The predicted octanol–water partition coefficient (Wildman–Crippen LogP) is -1.62. The van der Waals surface area contributed by atoms with Gasteiger partial charge in [0.15, 0.2) is 0 Å². The first kappa shape index (κ1) is 6.03. The lowest BCUT2D eigenvalue weighted by Gasteiger charge is -2.09. The first-order chi connectivity index (χ1) is 4.18. The third kappa shape index (κ3) is 1.39. The zero-order valence-electron chi connectivity index (χ0n) is 4.78. The highest BCUT2D eigenvalue weighted by atomic mass is 16.3. The Morgan fingerprint density at radius 3 is 2.11 bits per heavy atom. The molecule has 0 amide bonds. The van der Waals surface area contributed by atoms with Crippen molar-refractivity contribution in [3.63, 3.8) is 0 Å². The maximum absolute atomic E-state index is 8.72. The second kappa shape index (κ2) is 2.02. The monoisotopic (exact) mass is 128 g/mol. The summed E-state index contributed by atoms with van der Waals surface area (Å²) in [5.74, 6) is 0.657. The highest BCUT2D eigenvalue weighted by Gasteiger charge is 2.08. The average molecular weight is 128 g/mol. The van der Waals surface area contributed by atoms with Gasteiger partial charge in [-0.15, -0.1) is 0 Å². The van der Waals surface area contributed by atoms with E-state index in [2.05, 4.69) is 9.98 Å². The molecule has 9 heavy (non-hydrogen) atoms. The molecule has 5 N–H and O–H groups in total. The molecular weight excluding hydrogens is 120 g/mol. The van der Waals surface area contributed by atoms with Crippen molar-refractivity contribution in [1.82, 2.24) is 0 Å². The third-order valence-electron chi connectivity index (χ3n) is 0.925. The number of hydrogen-bond donors (Lipinski definition) is 3. The van der Waals surface area contributed by atoms with Crippen molar-refractivity contribution in [2.24, 2.45) is 21.5 Å². The Kier molecular flexibility index (Phi) is 1.35. The molecule has 0 bridgehead atoms. The van der Waals surface area contributed by atoms with Crippen LogP contribution in [0.2, 0.25) is 0 Å². The van der Waals surface area contributed by atoms with Gasteiger partial charge in [-0.1, -0.05) is 0 Å². The van der Waals surface area contributed by atoms with E-state index in [0.29, 0.717) is 18.1 Å². The minimum atomic E-state index is -1.08. The van der Waals surface area contributed by atoms with Crippen molar-refractivity contribution in [2.45, 2.75) is 12.8 Å². The molecule has 0 saturated carbocycles. The molecule has 0 fully saturated rings. The van der Waals surface area contributed by atoms with Gasteiger partial charge < -0.3 is 16.6 Å². The molecule has 0 saturated heterocycles. The standard InChI is InChI=1S/C4H8N4O/c5-2-1-3(6)8-4(9)7-2/h4,9H,1H2,(H2,5,7)(H2,6,8). The van der Waals surface area contributed by atoms with Gasteiger partial charge in [-0.2, -0.15) is 0 Å². The number of amidine groups is 2. The van der Waals surface area contributed by atoms with E-state index >= 15 is 0 Å². The summed E-state index contributed by atoms with van der Waals surface area (Å²) in [5.41, 5.74) is 10.5. The maximum atomic E-state index is 8.72. The van der Waals surface area contributed by atoms with E-state index in [4.69, 9.17) is 16.6 Å². The molecule has 5 heteroatoms. The van der Waals surface area contributed by atoms with E-state index in [0.717, 1.165) is 0 Å². The smallest absolute Gasteiger partial charge is 0.246 e. The van der Waals surface area contributed by atoms with E-state index < -0.39 is 6.35 Å². The first-order valence-electron chi connectivity index (χ1n) is 2.51. The fourth-order valence-electron chi connectivity index (χ4n) is 0.602. The van der Waals surface area contributed by atoms with Crippen LogP contribution in [0.4, 0.5) is 0 Å². The fourth-order valence-corrected chi connectivity index (χ4v) is 0.602. The van der Waals surface area contributed by atoms with Gasteiger partial charge >= 0.3 is 0 Å². The van der Waals surface area contributed by atoms with Crippen molar-refractivity contribution < 1.29 is 5.11 Å². The number of nitrogens with two attached hydrogens (primary N) is 2. The number of hydrogen-bond acceptors (Lipinski definition) is 5. The van der Waals surface area contributed by atoms with E-state index in [-0.39, 0.29) is 0 Å². The SMILES string of the molecule is NC1=NC(O)N=C(N)C1. The number of aliphatic hydroxyl groups is 1. The van der Waals surface area contributed by atoms with Gasteiger partial charge in [0, 0.05) is 0 Å². The van der Waals surface area contributed by atoms with Gasteiger partial charge in [0.1, 0.15) is 11.7 Å². The van der Waals surface area contributed by atoms with E-state index in [1.54, 1.807) is 0 Å². The molecule has 0 radical (unpaired) electrons. The number of aliphatic hydroxyl groups excluding tert-OH is 1. The Morgan fingerprint density at radius 2 is 1.78 bits per heavy atom. The molecule has 0 aromatic rings. The van der Waals surface area contributed by atoms with Crippen LogP contribution in [0.1, 0.15) is 6.42 Å². The molecule has 0 spiro atoms. The quantitative estimate of drug-likeness (QED) is 0.365. The molecule has 50 valence electrons. The second-order valence-corrected chi connectivity index (χ2v) is 1.76. The summed E-state index contributed by atoms with van der Waals surface area (Å²) < 4.78 is 0. The van der Waals surface area contributed by atoms with Gasteiger partial charge in [-0.05, 0) is 0 Å². The number of rotatable bonds is 0. The molecule has 1 heterocycles. The van der Waals surface area contributed by atoms with E-state index in [1.807, 2.05) is 0 Å². The largest absolute Gasteiger partial charge is 0.387 e. The summed E-state index contributed by atoms with van der Waals surface area (Å²) in [4.78, 5) is 7.03. The van der Waals surface area contributed by atoms with Crippen molar-refractivity contribution in [1.29, 1.82) is 0 Å². The Balaban J connectivity index is 2.69. The lowest BCUT2D eigenvalue weighted by Crippen LogP contribution is -2.29. The van der Waals surface area contributed by atoms with Crippen LogP contribution in [0.5, 0.6) is 0 Å². The molecule has 0 atom stereocenters. The van der Waals surface area contributed by atoms with Gasteiger partial charge in [0.25, 0.3) is 0 Å². The zero-order valence-corrected chi connectivity index (χ0v) is 4.78.